The molecule has 1 aromatic carbocycles. The largest absolute Gasteiger partial charge is 0.467 e. The Balaban J connectivity index is 1.78. The zero-order valence-corrected chi connectivity index (χ0v) is 17.7. The van der Waals surface area contributed by atoms with E-state index in [1.54, 1.807) is 23.0 Å². The first-order valence-corrected chi connectivity index (χ1v) is 10.9. The minimum Gasteiger partial charge on any atom is -0.467 e. The molecule has 29 heavy (non-hydrogen) atoms. The van der Waals surface area contributed by atoms with Crippen LogP contribution in [-0.4, -0.2) is 20.7 Å². The molecule has 154 valence electrons. The predicted octanol–water partition coefficient (Wildman–Crippen LogP) is 4.37. The number of benzene rings is 1. The third-order valence-electron chi connectivity index (χ3n) is 4.73. The van der Waals surface area contributed by atoms with Crippen LogP contribution < -0.4 is 10.9 Å². The van der Waals surface area contributed by atoms with Crippen molar-refractivity contribution < 1.29 is 9.21 Å². The molecule has 2 aromatic heterocycles. The lowest BCUT2D eigenvalue weighted by Crippen LogP contribution is -2.31. The Bertz CT molecular complexity index is 998. The van der Waals surface area contributed by atoms with Crippen molar-refractivity contribution in [1.29, 1.82) is 0 Å². The number of furan rings is 1. The molecule has 1 unspecified atom stereocenters. The average molecular weight is 414 g/mol. The SMILES string of the molecule is CCCCCCn1c(SC(C)C(=O)NCc2ccco2)nc2ccccc2c1=O. The predicted molar refractivity (Wildman–Crippen MR) is 116 cm³/mol. The summed E-state index contributed by atoms with van der Waals surface area (Å²) < 4.78 is 6.97. The van der Waals surface area contributed by atoms with E-state index < -0.39 is 0 Å². The van der Waals surface area contributed by atoms with Crippen LogP contribution in [0.15, 0.2) is 57.0 Å². The fraction of sp³-hybridized carbons (Fsp3) is 0.409. The van der Waals surface area contributed by atoms with Crippen LogP contribution in [0, 0.1) is 0 Å². The molecule has 0 saturated carbocycles. The normalized spacial score (nSPS) is 12.2. The summed E-state index contributed by atoms with van der Waals surface area (Å²) in [6.45, 7) is 4.93. The summed E-state index contributed by atoms with van der Waals surface area (Å²) in [4.78, 5) is 30.2. The summed E-state index contributed by atoms with van der Waals surface area (Å²) >= 11 is 1.32. The lowest BCUT2D eigenvalue weighted by molar-refractivity contribution is -0.120. The standard InChI is InChI=1S/C22H27N3O3S/c1-3-4-5-8-13-25-21(27)18-11-6-7-12-19(18)24-22(25)29-16(2)20(26)23-15-17-10-9-14-28-17/h6-7,9-12,14,16H,3-5,8,13,15H2,1-2H3,(H,23,26). The Kier molecular flexibility index (Phi) is 7.52. The van der Waals surface area contributed by atoms with Gasteiger partial charge in [-0.3, -0.25) is 14.2 Å². The fourth-order valence-corrected chi connectivity index (χ4v) is 4.03. The van der Waals surface area contributed by atoms with E-state index in [-0.39, 0.29) is 16.7 Å². The molecule has 0 aliphatic carbocycles. The second-order valence-corrected chi connectivity index (χ2v) is 8.29. The minimum atomic E-state index is -0.389. The number of unbranched alkanes of at least 4 members (excludes halogenated alkanes) is 3. The quantitative estimate of drug-likeness (QED) is 0.303. The molecular weight excluding hydrogens is 386 g/mol. The van der Waals surface area contributed by atoms with E-state index in [0.29, 0.717) is 34.9 Å². The minimum absolute atomic E-state index is 0.0437. The van der Waals surface area contributed by atoms with Crippen molar-refractivity contribution in [3.05, 3.63) is 58.8 Å². The van der Waals surface area contributed by atoms with E-state index in [1.165, 1.54) is 11.8 Å². The highest BCUT2D eigenvalue weighted by Gasteiger charge is 2.19. The number of hydrogen-bond acceptors (Lipinski definition) is 5. The van der Waals surface area contributed by atoms with Gasteiger partial charge in [-0.25, -0.2) is 4.98 Å². The number of para-hydroxylation sites is 1. The Morgan fingerprint density at radius 3 is 2.79 bits per heavy atom. The molecule has 3 aromatic rings. The molecule has 3 rings (SSSR count). The fourth-order valence-electron chi connectivity index (χ4n) is 3.07. The van der Waals surface area contributed by atoms with Crippen molar-refractivity contribution in [2.75, 3.05) is 0 Å². The zero-order valence-electron chi connectivity index (χ0n) is 16.9. The van der Waals surface area contributed by atoms with Gasteiger partial charge in [-0.15, -0.1) is 0 Å². The van der Waals surface area contributed by atoms with Gasteiger partial charge in [0.2, 0.25) is 5.91 Å². The van der Waals surface area contributed by atoms with Crippen LogP contribution in [0.25, 0.3) is 10.9 Å². The summed E-state index contributed by atoms with van der Waals surface area (Å²) in [5, 5.41) is 3.68. The Labute approximate surface area is 174 Å². The first-order valence-electron chi connectivity index (χ1n) is 10.1. The number of carbonyl (C=O) groups excluding carboxylic acids is 1. The first-order chi connectivity index (χ1) is 14.1. The van der Waals surface area contributed by atoms with Gasteiger partial charge in [0.15, 0.2) is 5.16 Å². The number of amides is 1. The average Bonchev–Trinajstić information content (AvgIpc) is 3.25. The van der Waals surface area contributed by atoms with E-state index in [4.69, 9.17) is 9.40 Å². The third kappa shape index (κ3) is 5.50. The van der Waals surface area contributed by atoms with Gasteiger partial charge < -0.3 is 9.73 Å². The lowest BCUT2D eigenvalue weighted by atomic mass is 10.2. The molecule has 6 nitrogen and oxygen atoms in total. The van der Waals surface area contributed by atoms with Gasteiger partial charge in [-0.2, -0.15) is 0 Å². The second-order valence-electron chi connectivity index (χ2n) is 6.99. The highest BCUT2D eigenvalue weighted by Crippen LogP contribution is 2.23. The number of fused-ring (bicyclic) bond motifs is 1. The summed E-state index contributed by atoms with van der Waals surface area (Å²) in [5.74, 6) is 0.582. The number of nitrogens with zero attached hydrogens (tertiary/aromatic N) is 2. The Morgan fingerprint density at radius 2 is 2.03 bits per heavy atom. The van der Waals surface area contributed by atoms with Crippen LogP contribution in [0.2, 0.25) is 0 Å². The van der Waals surface area contributed by atoms with Crippen molar-refractivity contribution in [3.8, 4) is 0 Å². The number of thioether (sulfide) groups is 1. The molecule has 2 heterocycles. The maximum atomic E-state index is 13.0. The number of nitrogens with one attached hydrogen (secondary N) is 1. The molecule has 1 N–H and O–H groups in total. The van der Waals surface area contributed by atoms with Gasteiger partial charge in [-0.05, 0) is 37.6 Å². The molecule has 7 heteroatoms. The highest BCUT2D eigenvalue weighted by molar-refractivity contribution is 8.00. The molecule has 0 bridgehead atoms. The van der Waals surface area contributed by atoms with Gasteiger partial charge in [0.25, 0.3) is 5.56 Å². The van der Waals surface area contributed by atoms with Gasteiger partial charge in [0.1, 0.15) is 5.76 Å². The second kappa shape index (κ2) is 10.3. The maximum absolute atomic E-state index is 13.0. The third-order valence-corrected chi connectivity index (χ3v) is 5.82. The van der Waals surface area contributed by atoms with Crippen LogP contribution >= 0.6 is 11.8 Å². The maximum Gasteiger partial charge on any atom is 0.262 e. The summed E-state index contributed by atoms with van der Waals surface area (Å²) in [6, 6.07) is 11.0. The molecule has 0 aliphatic rings. The van der Waals surface area contributed by atoms with Gasteiger partial charge in [0, 0.05) is 6.54 Å². The van der Waals surface area contributed by atoms with Gasteiger partial charge >= 0.3 is 0 Å². The lowest BCUT2D eigenvalue weighted by Gasteiger charge is -2.16. The number of aromatic nitrogens is 2. The van der Waals surface area contributed by atoms with Crippen molar-refractivity contribution in [2.24, 2.45) is 0 Å². The molecular formula is C22H27N3O3S. The van der Waals surface area contributed by atoms with Crippen LogP contribution in [0.4, 0.5) is 0 Å². The van der Waals surface area contributed by atoms with Crippen molar-refractivity contribution >= 4 is 28.6 Å². The topological polar surface area (TPSA) is 77.1 Å². The molecule has 1 atom stereocenters. The van der Waals surface area contributed by atoms with Crippen molar-refractivity contribution in [2.45, 2.75) is 63.0 Å². The molecule has 0 saturated heterocycles. The number of rotatable bonds is 10. The van der Waals surface area contributed by atoms with Crippen LogP contribution in [-0.2, 0) is 17.9 Å². The highest BCUT2D eigenvalue weighted by atomic mass is 32.2. The van der Waals surface area contributed by atoms with Crippen molar-refractivity contribution in [1.82, 2.24) is 14.9 Å². The van der Waals surface area contributed by atoms with Gasteiger partial charge in [0.05, 0.1) is 29.0 Å². The van der Waals surface area contributed by atoms with E-state index in [9.17, 15) is 9.59 Å². The summed E-state index contributed by atoms with van der Waals surface area (Å²) in [7, 11) is 0. The summed E-state index contributed by atoms with van der Waals surface area (Å²) in [5.41, 5.74) is 0.616. The van der Waals surface area contributed by atoms with E-state index >= 15 is 0 Å². The first kappa shape index (κ1) is 21.2. The van der Waals surface area contributed by atoms with E-state index in [2.05, 4.69) is 12.2 Å². The Morgan fingerprint density at radius 1 is 1.21 bits per heavy atom. The Hall–Kier alpha value is -2.54. The summed E-state index contributed by atoms with van der Waals surface area (Å²) in [6.07, 6.45) is 5.85. The molecule has 0 spiro atoms. The zero-order chi connectivity index (χ0) is 20.6. The smallest absolute Gasteiger partial charge is 0.262 e. The molecule has 1 amide bonds. The molecule has 0 radical (unpaired) electrons. The van der Waals surface area contributed by atoms with Crippen LogP contribution in [0.5, 0.6) is 0 Å². The van der Waals surface area contributed by atoms with E-state index in [0.717, 1.165) is 25.7 Å². The monoisotopic (exact) mass is 413 g/mol. The van der Waals surface area contributed by atoms with Crippen molar-refractivity contribution in [3.63, 3.8) is 0 Å². The van der Waals surface area contributed by atoms with Gasteiger partial charge in [-0.1, -0.05) is 50.1 Å². The van der Waals surface area contributed by atoms with E-state index in [1.807, 2.05) is 31.2 Å². The van der Waals surface area contributed by atoms with Crippen LogP contribution in [0.1, 0.15) is 45.3 Å². The number of hydrogen-bond donors (Lipinski definition) is 1. The van der Waals surface area contributed by atoms with Crippen LogP contribution in [0.3, 0.4) is 0 Å². The number of carbonyl (C=O) groups is 1. The molecule has 0 fully saturated rings. The molecule has 0 aliphatic heterocycles.